The van der Waals surface area contributed by atoms with Gasteiger partial charge in [-0.2, -0.15) is 15.2 Å². The standard InChI is InChI=1S/C24H27FN8O3/c25-15-10-33(11-15)22(35)18-9-19(31-23(30-18)36-13-24(12-26)5-6-24)32-7-3-14(4-8-32)17-2-1-16(27)20(29-17)21(28)34/h1-2,9,14-15H,3-8,10-11,13,27H2,(H2,28,34). The normalized spacial score (nSPS) is 19.3. The summed E-state index contributed by atoms with van der Waals surface area (Å²) in [6, 6.07) is 7.35. The number of likely N-dealkylation sites (tertiary alicyclic amines) is 1. The van der Waals surface area contributed by atoms with Crippen molar-refractivity contribution in [1.29, 1.82) is 5.26 Å². The van der Waals surface area contributed by atoms with E-state index in [1.807, 2.05) is 11.0 Å². The predicted molar refractivity (Wildman–Crippen MR) is 127 cm³/mol. The van der Waals surface area contributed by atoms with Crippen LogP contribution < -0.4 is 21.1 Å². The average Bonchev–Trinajstić information content (AvgIpc) is 3.66. The number of pyridine rings is 1. The Morgan fingerprint density at radius 1 is 1.19 bits per heavy atom. The van der Waals surface area contributed by atoms with Crippen LogP contribution in [0.2, 0.25) is 0 Å². The number of rotatable bonds is 7. The molecular formula is C24H27FN8O3. The zero-order valence-electron chi connectivity index (χ0n) is 19.7. The molecule has 4 heterocycles. The Morgan fingerprint density at radius 3 is 2.53 bits per heavy atom. The van der Waals surface area contributed by atoms with Crippen LogP contribution in [0.5, 0.6) is 6.01 Å². The Morgan fingerprint density at radius 2 is 1.92 bits per heavy atom. The van der Waals surface area contributed by atoms with E-state index in [0.717, 1.165) is 31.4 Å². The zero-order valence-corrected chi connectivity index (χ0v) is 19.7. The van der Waals surface area contributed by atoms with Crippen molar-refractivity contribution < 1.29 is 18.7 Å². The molecule has 4 N–H and O–H groups in total. The van der Waals surface area contributed by atoms with Gasteiger partial charge < -0.3 is 26.0 Å². The van der Waals surface area contributed by atoms with Crippen LogP contribution in [0.15, 0.2) is 18.2 Å². The number of amides is 2. The van der Waals surface area contributed by atoms with Crippen LogP contribution in [0.3, 0.4) is 0 Å². The molecule has 11 nitrogen and oxygen atoms in total. The highest BCUT2D eigenvalue weighted by molar-refractivity contribution is 5.96. The van der Waals surface area contributed by atoms with Crippen LogP contribution in [-0.2, 0) is 0 Å². The van der Waals surface area contributed by atoms with Gasteiger partial charge in [-0.3, -0.25) is 9.59 Å². The van der Waals surface area contributed by atoms with E-state index in [1.54, 1.807) is 12.1 Å². The number of aromatic nitrogens is 3. The van der Waals surface area contributed by atoms with E-state index >= 15 is 0 Å². The average molecular weight is 495 g/mol. The monoisotopic (exact) mass is 494 g/mol. The number of carbonyl (C=O) groups excluding carboxylic acids is 2. The summed E-state index contributed by atoms with van der Waals surface area (Å²) in [5, 5.41) is 9.34. The van der Waals surface area contributed by atoms with Crippen molar-refractivity contribution in [3.63, 3.8) is 0 Å². The molecule has 12 heteroatoms. The van der Waals surface area contributed by atoms with Gasteiger partial charge in [-0.15, -0.1) is 0 Å². The van der Waals surface area contributed by atoms with Crippen LogP contribution in [0, 0.1) is 16.7 Å². The molecule has 2 saturated heterocycles. The summed E-state index contributed by atoms with van der Waals surface area (Å²) in [4.78, 5) is 41.1. The SMILES string of the molecule is N#CC1(COc2nc(C(=O)N3CC(F)C3)cc(N3CCC(c4ccc(N)c(C(N)=O)n4)CC3)n2)CC1. The quantitative estimate of drug-likeness (QED) is 0.579. The first-order chi connectivity index (χ1) is 17.3. The smallest absolute Gasteiger partial charge is 0.319 e. The number of alkyl halides is 1. The number of nitriles is 1. The van der Waals surface area contributed by atoms with E-state index < -0.39 is 17.5 Å². The van der Waals surface area contributed by atoms with Crippen LogP contribution >= 0.6 is 0 Å². The van der Waals surface area contributed by atoms with Gasteiger partial charge in [0.25, 0.3) is 11.8 Å². The highest BCUT2D eigenvalue weighted by Crippen LogP contribution is 2.45. The number of ether oxygens (including phenoxy) is 1. The van der Waals surface area contributed by atoms with Crippen molar-refractivity contribution in [2.45, 2.75) is 37.8 Å². The lowest BCUT2D eigenvalue weighted by Gasteiger charge is -2.35. The third-order valence-corrected chi connectivity index (χ3v) is 7.02. The fourth-order valence-corrected chi connectivity index (χ4v) is 4.46. The molecule has 5 rings (SSSR count). The second kappa shape index (κ2) is 9.22. The molecule has 0 radical (unpaired) electrons. The fourth-order valence-electron chi connectivity index (χ4n) is 4.46. The van der Waals surface area contributed by atoms with Gasteiger partial charge in [0.05, 0.1) is 30.3 Å². The maximum atomic E-state index is 13.3. The fraction of sp³-hybridized carbons (Fsp3) is 0.500. The molecule has 0 spiro atoms. The van der Waals surface area contributed by atoms with Crippen molar-refractivity contribution in [1.82, 2.24) is 19.9 Å². The van der Waals surface area contributed by atoms with Crippen LogP contribution in [0.25, 0.3) is 0 Å². The molecule has 2 aromatic rings. The summed E-state index contributed by atoms with van der Waals surface area (Å²) in [5.41, 5.74) is 11.9. The number of hydrogen-bond acceptors (Lipinski definition) is 9. The van der Waals surface area contributed by atoms with E-state index in [9.17, 15) is 19.2 Å². The highest BCUT2D eigenvalue weighted by atomic mass is 19.1. The van der Waals surface area contributed by atoms with E-state index in [4.69, 9.17) is 16.2 Å². The van der Waals surface area contributed by atoms with Gasteiger partial charge in [0.2, 0.25) is 0 Å². The largest absolute Gasteiger partial charge is 0.462 e. The van der Waals surface area contributed by atoms with Crippen LogP contribution in [0.1, 0.15) is 58.3 Å². The lowest BCUT2D eigenvalue weighted by molar-refractivity contribution is 0.0393. The second-order valence-electron chi connectivity index (χ2n) is 9.68. The van der Waals surface area contributed by atoms with Crippen molar-refractivity contribution >= 4 is 23.3 Å². The molecule has 2 aromatic heterocycles. The molecule has 0 aromatic carbocycles. The maximum absolute atomic E-state index is 13.3. The van der Waals surface area contributed by atoms with E-state index in [2.05, 4.69) is 21.0 Å². The van der Waals surface area contributed by atoms with E-state index in [0.29, 0.717) is 18.9 Å². The van der Waals surface area contributed by atoms with Gasteiger partial charge >= 0.3 is 6.01 Å². The van der Waals surface area contributed by atoms with Gasteiger partial charge in [-0.25, -0.2) is 9.37 Å². The first kappa shape index (κ1) is 23.7. The lowest BCUT2D eigenvalue weighted by atomic mass is 9.92. The number of halogens is 1. The molecule has 0 atom stereocenters. The summed E-state index contributed by atoms with van der Waals surface area (Å²) < 4.78 is 19.1. The van der Waals surface area contributed by atoms with Crippen LogP contribution in [-0.4, -0.2) is 70.6 Å². The number of anilines is 2. The van der Waals surface area contributed by atoms with Crippen LogP contribution in [0.4, 0.5) is 15.9 Å². The molecule has 36 heavy (non-hydrogen) atoms. The minimum Gasteiger partial charge on any atom is -0.462 e. The Hall–Kier alpha value is -4.01. The van der Waals surface area contributed by atoms with Crippen molar-refractivity contribution in [3.8, 4) is 12.1 Å². The molecule has 2 amide bonds. The Balaban J connectivity index is 1.33. The maximum Gasteiger partial charge on any atom is 0.319 e. The minimum atomic E-state index is -1.02. The molecule has 0 unspecified atom stereocenters. The molecule has 1 saturated carbocycles. The third kappa shape index (κ3) is 4.73. The molecule has 3 fully saturated rings. The number of nitrogens with two attached hydrogens (primary N) is 2. The number of nitrogens with zero attached hydrogens (tertiary/aromatic N) is 6. The molecule has 3 aliphatic rings. The lowest BCUT2D eigenvalue weighted by Crippen LogP contribution is -2.51. The number of piperidine rings is 1. The molecule has 188 valence electrons. The highest BCUT2D eigenvalue weighted by Gasteiger charge is 2.44. The van der Waals surface area contributed by atoms with Crippen molar-refractivity contribution in [2.24, 2.45) is 11.1 Å². The van der Waals surface area contributed by atoms with Gasteiger partial charge in [-0.05, 0) is 37.8 Å². The Labute approximate surface area is 207 Å². The number of hydrogen-bond donors (Lipinski definition) is 2. The third-order valence-electron chi connectivity index (χ3n) is 7.02. The molecule has 0 bridgehead atoms. The van der Waals surface area contributed by atoms with E-state index in [1.165, 1.54) is 4.90 Å². The van der Waals surface area contributed by atoms with Gasteiger partial charge in [-0.1, -0.05) is 0 Å². The Bertz CT molecular complexity index is 1230. The number of nitrogen functional groups attached to an aromatic ring is 1. The predicted octanol–water partition coefficient (Wildman–Crippen LogP) is 1.41. The van der Waals surface area contributed by atoms with Gasteiger partial charge in [0.1, 0.15) is 24.3 Å². The zero-order chi connectivity index (χ0) is 25.4. The first-order valence-corrected chi connectivity index (χ1v) is 11.9. The molecule has 2 aliphatic heterocycles. The summed E-state index contributed by atoms with van der Waals surface area (Å²) in [7, 11) is 0. The van der Waals surface area contributed by atoms with Gasteiger partial charge in [0, 0.05) is 30.8 Å². The van der Waals surface area contributed by atoms with E-state index in [-0.39, 0.29) is 54.6 Å². The number of primary amides is 1. The molecule has 1 aliphatic carbocycles. The van der Waals surface area contributed by atoms with Crippen molar-refractivity contribution in [2.75, 3.05) is 43.4 Å². The second-order valence-corrected chi connectivity index (χ2v) is 9.68. The van der Waals surface area contributed by atoms with Gasteiger partial charge in [0.15, 0.2) is 5.69 Å². The number of carbonyl (C=O) groups is 2. The summed E-state index contributed by atoms with van der Waals surface area (Å²) in [5.74, 6) is -0.405. The summed E-state index contributed by atoms with van der Waals surface area (Å²) in [6.45, 7) is 1.47. The summed E-state index contributed by atoms with van der Waals surface area (Å²) >= 11 is 0. The minimum absolute atomic E-state index is 0.0307. The summed E-state index contributed by atoms with van der Waals surface area (Å²) in [6.07, 6.45) is 1.94. The Kier molecular flexibility index (Phi) is 6.07. The van der Waals surface area contributed by atoms with Crippen molar-refractivity contribution in [3.05, 3.63) is 35.3 Å². The first-order valence-electron chi connectivity index (χ1n) is 11.9. The molecular weight excluding hydrogens is 467 g/mol. The topological polar surface area (TPSA) is 164 Å².